The zero-order valence-corrected chi connectivity index (χ0v) is 16.2. The zero-order chi connectivity index (χ0) is 21.2. The first kappa shape index (κ1) is 24.8. The summed E-state index contributed by atoms with van der Waals surface area (Å²) >= 11 is 0. The Morgan fingerprint density at radius 3 is 1.37 bits per heavy atom. The maximum absolute atomic E-state index is 10.0. The molecule has 0 aliphatic rings. The fourth-order valence-corrected chi connectivity index (χ4v) is 2.53. The van der Waals surface area contributed by atoms with Crippen LogP contribution in [0.15, 0.2) is 73.1 Å². The van der Waals surface area contributed by atoms with E-state index in [-0.39, 0.29) is 46.8 Å². The quantitative estimate of drug-likeness (QED) is 0.381. The van der Waals surface area contributed by atoms with E-state index in [4.69, 9.17) is 0 Å². The van der Waals surface area contributed by atoms with Gasteiger partial charge in [-0.05, 0) is 38.1 Å². The number of phenolic OH excluding ortho intramolecular Hbond substituents is 2. The lowest BCUT2D eigenvalue weighted by atomic mass is 10.2. The molecular formula is C23H25AlN2O4. The van der Waals surface area contributed by atoms with Gasteiger partial charge in [-0.3, -0.25) is 19.6 Å². The van der Waals surface area contributed by atoms with Crippen LogP contribution in [0, 0.1) is 0 Å². The van der Waals surface area contributed by atoms with Gasteiger partial charge in [0.15, 0.2) is 17.4 Å². The number of rotatable bonds is 2. The molecule has 2 N–H and O–H groups in total. The summed E-state index contributed by atoms with van der Waals surface area (Å²) in [6.07, 6.45) is 3.42. The highest BCUT2D eigenvalue weighted by molar-refractivity contribution is 5.96. The van der Waals surface area contributed by atoms with Crippen molar-refractivity contribution in [2.24, 2.45) is 0 Å². The van der Waals surface area contributed by atoms with Gasteiger partial charge in [-0.2, -0.15) is 0 Å². The first-order valence-corrected chi connectivity index (χ1v) is 8.92. The average molecular weight is 420 g/mol. The molecular weight excluding hydrogens is 395 g/mol. The Kier molecular flexibility index (Phi) is 10.2. The lowest BCUT2D eigenvalue weighted by Crippen LogP contribution is -1.97. The summed E-state index contributed by atoms with van der Waals surface area (Å²) in [5.74, 6) is 0.353. The summed E-state index contributed by atoms with van der Waals surface area (Å²) in [6, 6.07) is 18.3. The van der Waals surface area contributed by atoms with E-state index in [0.717, 1.165) is 10.8 Å². The molecule has 7 heteroatoms. The average Bonchev–Trinajstić information content (AvgIpc) is 2.69. The highest BCUT2D eigenvalue weighted by Gasteiger charge is 1.97. The first-order chi connectivity index (χ1) is 13.9. The van der Waals surface area contributed by atoms with Gasteiger partial charge in [-0.25, -0.2) is 0 Å². The third kappa shape index (κ3) is 7.63. The van der Waals surface area contributed by atoms with Crippen LogP contribution in [-0.4, -0.2) is 49.1 Å². The van der Waals surface area contributed by atoms with E-state index in [9.17, 15) is 19.8 Å². The third-order valence-electron chi connectivity index (χ3n) is 3.72. The predicted molar refractivity (Wildman–Crippen MR) is 123 cm³/mol. The van der Waals surface area contributed by atoms with Crippen LogP contribution in [0.5, 0.6) is 11.5 Å². The monoisotopic (exact) mass is 420 g/mol. The Bertz CT molecular complexity index is 1030. The lowest BCUT2D eigenvalue weighted by molar-refractivity contribution is -0.124. The molecule has 0 radical (unpaired) electrons. The number of benzene rings is 2. The Labute approximate surface area is 185 Å². The highest BCUT2D eigenvalue weighted by Crippen LogP contribution is 2.21. The van der Waals surface area contributed by atoms with Gasteiger partial charge < -0.3 is 10.2 Å². The van der Waals surface area contributed by atoms with Crippen molar-refractivity contribution in [1.82, 2.24) is 9.97 Å². The van der Waals surface area contributed by atoms with Gasteiger partial charge in [0.2, 0.25) is 0 Å². The van der Waals surface area contributed by atoms with Gasteiger partial charge in [0, 0.05) is 23.2 Å². The maximum Gasteiger partial charge on any atom is 0.187 e. The van der Waals surface area contributed by atoms with Crippen molar-refractivity contribution in [2.45, 2.75) is 20.3 Å². The van der Waals surface area contributed by atoms with E-state index in [1.807, 2.05) is 36.4 Å². The summed E-state index contributed by atoms with van der Waals surface area (Å²) in [5, 5.41) is 20.5. The molecule has 0 saturated carbocycles. The SMILES string of the molecule is CC(=O)CC(C)=O.Oc1cccc2cccnc12.Oc1cccc2cccnc12.[AlH3]. The molecule has 0 aliphatic heterocycles. The molecule has 30 heavy (non-hydrogen) atoms. The van der Waals surface area contributed by atoms with Crippen LogP contribution >= 0.6 is 0 Å². The highest BCUT2D eigenvalue weighted by atomic mass is 27.0. The number of aromatic hydroxyl groups is 2. The van der Waals surface area contributed by atoms with Crippen molar-refractivity contribution in [3.8, 4) is 11.5 Å². The molecule has 2 heterocycles. The first-order valence-electron chi connectivity index (χ1n) is 8.92. The van der Waals surface area contributed by atoms with Crippen molar-refractivity contribution in [3.05, 3.63) is 73.1 Å². The van der Waals surface area contributed by atoms with Gasteiger partial charge in [-0.1, -0.05) is 36.4 Å². The van der Waals surface area contributed by atoms with Gasteiger partial charge in [-0.15, -0.1) is 0 Å². The van der Waals surface area contributed by atoms with Gasteiger partial charge >= 0.3 is 0 Å². The zero-order valence-electron chi connectivity index (χ0n) is 16.2. The molecule has 0 spiro atoms. The molecule has 4 aromatic rings. The van der Waals surface area contributed by atoms with E-state index >= 15 is 0 Å². The number of hydrogen-bond donors (Lipinski definition) is 2. The molecule has 154 valence electrons. The number of pyridine rings is 2. The van der Waals surface area contributed by atoms with Crippen LogP contribution in [0.25, 0.3) is 21.8 Å². The molecule has 0 saturated heterocycles. The second-order valence-electron chi connectivity index (χ2n) is 6.29. The Hall–Kier alpha value is -3.27. The number of carbonyl (C=O) groups excluding carboxylic acids is 2. The number of aromatic nitrogens is 2. The lowest BCUT2D eigenvalue weighted by Gasteiger charge is -1.96. The van der Waals surface area contributed by atoms with Gasteiger partial charge in [0.05, 0.1) is 6.42 Å². The summed E-state index contributed by atoms with van der Waals surface area (Å²) in [7, 11) is 0. The minimum Gasteiger partial charge on any atom is -0.506 e. The molecule has 0 aliphatic carbocycles. The number of nitrogens with zero attached hydrogens (tertiary/aromatic N) is 2. The van der Waals surface area contributed by atoms with Crippen LogP contribution in [0.4, 0.5) is 0 Å². The van der Waals surface area contributed by atoms with E-state index in [0.29, 0.717) is 11.0 Å². The van der Waals surface area contributed by atoms with E-state index in [1.54, 1.807) is 36.7 Å². The van der Waals surface area contributed by atoms with Crippen molar-refractivity contribution in [3.63, 3.8) is 0 Å². The number of hydrogen-bond acceptors (Lipinski definition) is 6. The Morgan fingerprint density at radius 2 is 1.07 bits per heavy atom. The fraction of sp³-hybridized carbons (Fsp3) is 0.130. The molecule has 2 aromatic carbocycles. The molecule has 0 unspecified atom stereocenters. The number of fused-ring (bicyclic) bond motifs is 2. The summed E-state index contributed by atoms with van der Waals surface area (Å²) in [6.45, 7) is 2.81. The summed E-state index contributed by atoms with van der Waals surface area (Å²) in [4.78, 5) is 28.1. The number of Topliss-reactive ketones (excluding diaryl/α,β-unsaturated/α-hetero) is 2. The van der Waals surface area contributed by atoms with Gasteiger partial charge in [0.25, 0.3) is 0 Å². The minimum atomic E-state index is -0.0625. The summed E-state index contributed by atoms with van der Waals surface area (Å²) in [5.41, 5.74) is 1.32. The van der Waals surface area contributed by atoms with Crippen LogP contribution in [-0.2, 0) is 9.59 Å². The Balaban J connectivity index is 0.000000229. The standard InChI is InChI=1S/2C9H7NO.C5H8O2.Al.3H/c2*11-8-5-1-3-7-4-2-6-10-9(7)8;1-4(6)3-5(2)7;;;;/h2*1-6,11H;3H2,1-2H3;;;;. The van der Waals surface area contributed by atoms with Crippen molar-refractivity contribution >= 4 is 50.7 Å². The number of ketones is 2. The minimum absolute atomic E-state index is 0. The number of carbonyl (C=O) groups is 2. The van der Waals surface area contributed by atoms with E-state index in [2.05, 4.69) is 9.97 Å². The van der Waals surface area contributed by atoms with Crippen molar-refractivity contribution in [2.75, 3.05) is 0 Å². The molecule has 6 nitrogen and oxygen atoms in total. The van der Waals surface area contributed by atoms with Crippen molar-refractivity contribution in [1.29, 1.82) is 0 Å². The second-order valence-corrected chi connectivity index (χ2v) is 6.29. The van der Waals surface area contributed by atoms with Crippen LogP contribution in [0.2, 0.25) is 0 Å². The number of phenols is 2. The molecule has 0 fully saturated rings. The number of para-hydroxylation sites is 2. The fourth-order valence-electron chi connectivity index (χ4n) is 2.53. The van der Waals surface area contributed by atoms with Crippen LogP contribution in [0.1, 0.15) is 20.3 Å². The van der Waals surface area contributed by atoms with Crippen LogP contribution < -0.4 is 0 Å². The van der Waals surface area contributed by atoms with E-state index < -0.39 is 0 Å². The summed E-state index contributed by atoms with van der Waals surface area (Å²) < 4.78 is 0. The molecule has 0 amide bonds. The molecule has 0 atom stereocenters. The normalized spacial score (nSPS) is 9.40. The molecule has 4 rings (SSSR count). The van der Waals surface area contributed by atoms with Crippen molar-refractivity contribution < 1.29 is 19.8 Å². The second kappa shape index (κ2) is 12.3. The van der Waals surface area contributed by atoms with Gasteiger partial charge in [0.1, 0.15) is 34.1 Å². The largest absolute Gasteiger partial charge is 0.506 e. The topological polar surface area (TPSA) is 100 Å². The van der Waals surface area contributed by atoms with E-state index in [1.165, 1.54) is 13.8 Å². The van der Waals surface area contributed by atoms with Crippen LogP contribution in [0.3, 0.4) is 0 Å². The predicted octanol–water partition coefficient (Wildman–Crippen LogP) is 3.25. The maximum atomic E-state index is 10.0. The molecule has 0 bridgehead atoms. The Morgan fingerprint density at radius 1 is 0.700 bits per heavy atom. The molecule has 2 aromatic heterocycles. The smallest absolute Gasteiger partial charge is 0.187 e. The third-order valence-corrected chi connectivity index (χ3v) is 3.72.